The van der Waals surface area contributed by atoms with Crippen LogP contribution in [0.4, 0.5) is 10.1 Å². The SMILES string of the molecule is CCOc1ccccc1NC(=O)c1cc(S(=O)(=O)NC2CCCCC2C)ccc1F. The Morgan fingerprint density at radius 1 is 1.17 bits per heavy atom. The van der Waals surface area contributed by atoms with Crippen molar-refractivity contribution in [2.75, 3.05) is 11.9 Å². The number of hydrogen-bond acceptors (Lipinski definition) is 4. The molecule has 3 rings (SSSR count). The quantitative estimate of drug-likeness (QED) is 0.679. The minimum absolute atomic E-state index is 0.134. The Bertz CT molecular complexity index is 1010. The number of amides is 1. The molecule has 162 valence electrons. The van der Waals surface area contributed by atoms with Gasteiger partial charge in [-0.3, -0.25) is 4.79 Å². The van der Waals surface area contributed by atoms with E-state index < -0.39 is 21.7 Å². The van der Waals surface area contributed by atoms with Gasteiger partial charge in [0.05, 0.1) is 22.8 Å². The molecule has 0 radical (unpaired) electrons. The van der Waals surface area contributed by atoms with E-state index in [9.17, 15) is 17.6 Å². The number of hydrogen-bond donors (Lipinski definition) is 2. The van der Waals surface area contributed by atoms with Crippen LogP contribution in [0.5, 0.6) is 5.75 Å². The van der Waals surface area contributed by atoms with E-state index in [0.29, 0.717) is 18.0 Å². The zero-order valence-electron chi connectivity index (χ0n) is 17.2. The highest BCUT2D eigenvalue weighted by Crippen LogP contribution is 2.27. The molecule has 2 N–H and O–H groups in total. The Hall–Kier alpha value is -2.45. The van der Waals surface area contributed by atoms with Crippen LogP contribution in [-0.2, 0) is 10.0 Å². The average Bonchev–Trinajstić information content (AvgIpc) is 2.71. The number of benzene rings is 2. The van der Waals surface area contributed by atoms with Crippen LogP contribution in [0.1, 0.15) is 49.9 Å². The van der Waals surface area contributed by atoms with Gasteiger partial charge in [-0.15, -0.1) is 0 Å². The van der Waals surface area contributed by atoms with Crippen molar-refractivity contribution in [1.29, 1.82) is 0 Å². The Morgan fingerprint density at radius 3 is 2.63 bits per heavy atom. The van der Waals surface area contributed by atoms with Crippen LogP contribution in [0.25, 0.3) is 0 Å². The molecule has 0 heterocycles. The summed E-state index contributed by atoms with van der Waals surface area (Å²) >= 11 is 0. The van der Waals surface area contributed by atoms with Crippen molar-refractivity contribution in [3.8, 4) is 5.75 Å². The second-order valence-electron chi connectivity index (χ2n) is 7.51. The maximum atomic E-state index is 14.4. The van der Waals surface area contributed by atoms with Crippen LogP contribution in [-0.4, -0.2) is 27.0 Å². The third-order valence-electron chi connectivity index (χ3n) is 5.35. The van der Waals surface area contributed by atoms with Gasteiger partial charge in [0.1, 0.15) is 11.6 Å². The molecule has 2 atom stereocenters. The highest BCUT2D eigenvalue weighted by Gasteiger charge is 2.28. The number of nitrogens with one attached hydrogen (secondary N) is 2. The summed E-state index contributed by atoms with van der Waals surface area (Å²) in [5, 5.41) is 2.60. The zero-order chi connectivity index (χ0) is 21.7. The largest absolute Gasteiger partial charge is 0.492 e. The fraction of sp³-hybridized carbons (Fsp3) is 0.409. The van der Waals surface area contributed by atoms with Crippen molar-refractivity contribution < 1.29 is 22.3 Å². The fourth-order valence-electron chi connectivity index (χ4n) is 3.65. The number of carbonyl (C=O) groups excluding carboxylic acids is 1. The molecule has 1 saturated carbocycles. The number of halogens is 1. The van der Waals surface area contributed by atoms with Crippen molar-refractivity contribution in [3.05, 3.63) is 53.8 Å². The van der Waals surface area contributed by atoms with Crippen molar-refractivity contribution in [1.82, 2.24) is 4.72 Å². The molecule has 30 heavy (non-hydrogen) atoms. The maximum absolute atomic E-state index is 14.4. The standard InChI is InChI=1S/C22H27FN2O4S/c1-3-29-21-11-7-6-10-20(21)24-22(26)17-14-16(12-13-18(17)23)30(27,28)25-19-9-5-4-8-15(19)2/h6-7,10-15,19,25H,3-5,8-9H2,1-2H3,(H,24,26). The molecule has 2 aromatic rings. The van der Waals surface area contributed by atoms with E-state index >= 15 is 0 Å². The van der Waals surface area contributed by atoms with Crippen molar-refractivity contribution in [2.45, 2.75) is 50.5 Å². The van der Waals surface area contributed by atoms with E-state index in [1.807, 2.05) is 13.8 Å². The lowest BCUT2D eigenvalue weighted by Crippen LogP contribution is -2.41. The van der Waals surface area contributed by atoms with Gasteiger partial charge in [0, 0.05) is 6.04 Å². The molecule has 1 amide bonds. The minimum Gasteiger partial charge on any atom is -0.492 e. The molecular formula is C22H27FN2O4S. The molecule has 1 aliphatic rings. The second-order valence-corrected chi connectivity index (χ2v) is 9.23. The summed E-state index contributed by atoms with van der Waals surface area (Å²) in [5.41, 5.74) is 0.0343. The molecule has 1 fully saturated rings. The van der Waals surface area contributed by atoms with Gasteiger partial charge in [-0.05, 0) is 56.0 Å². The first-order chi connectivity index (χ1) is 14.3. The van der Waals surface area contributed by atoms with E-state index in [4.69, 9.17) is 4.74 Å². The molecular weight excluding hydrogens is 407 g/mol. The third-order valence-corrected chi connectivity index (χ3v) is 6.83. The molecule has 0 spiro atoms. The van der Waals surface area contributed by atoms with E-state index in [-0.39, 0.29) is 22.4 Å². The van der Waals surface area contributed by atoms with E-state index in [1.54, 1.807) is 24.3 Å². The number of para-hydroxylation sites is 2. The number of ether oxygens (including phenoxy) is 1. The van der Waals surface area contributed by atoms with Gasteiger partial charge < -0.3 is 10.1 Å². The summed E-state index contributed by atoms with van der Waals surface area (Å²) in [7, 11) is -3.88. The van der Waals surface area contributed by atoms with Gasteiger partial charge in [0.25, 0.3) is 5.91 Å². The van der Waals surface area contributed by atoms with Crippen LogP contribution < -0.4 is 14.8 Å². The molecule has 8 heteroatoms. The smallest absolute Gasteiger partial charge is 0.258 e. The van der Waals surface area contributed by atoms with Crippen LogP contribution in [0.3, 0.4) is 0 Å². The lowest BCUT2D eigenvalue weighted by atomic mass is 9.87. The predicted octanol–water partition coefficient (Wildman–Crippen LogP) is 4.33. The summed E-state index contributed by atoms with van der Waals surface area (Å²) in [6.07, 6.45) is 3.78. The van der Waals surface area contributed by atoms with Crippen LogP contribution in [0.2, 0.25) is 0 Å². The highest BCUT2D eigenvalue weighted by atomic mass is 32.2. The maximum Gasteiger partial charge on any atom is 0.258 e. The lowest BCUT2D eigenvalue weighted by Gasteiger charge is -2.29. The fourth-order valence-corrected chi connectivity index (χ4v) is 5.05. The number of sulfonamides is 1. The first-order valence-corrected chi connectivity index (χ1v) is 11.6. The van der Waals surface area contributed by atoms with Gasteiger partial charge in [-0.1, -0.05) is 31.9 Å². The van der Waals surface area contributed by atoms with Gasteiger partial charge in [-0.2, -0.15) is 0 Å². The van der Waals surface area contributed by atoms with Crippen LogP contribution in [0.15, 0.2) is 47.4 Å². The molecule has 1 aliphatic carbocycles. The number of anilines is 1. The van der Waals surface area contributed by atoms with E-state index in [0.717, 1.165) is 37.8 Å². The molecule has 2 aromatic carbocycles. The Kier molecular flexibility index (Phi) is 7.10. The van der Waals surface area contributed by atoms with Crippen LogP contribution in [0, 0.1) is 11.7 Å². The highest BCUT2D eigenvalue weighted by molar-refractivity contribution is 7.89. The Morgan fingerprint density at radius 2 is 1.90 bits per heavy atom. The first-order valence-electron chi connectivity index (χ1n) is 10.2. The van der Waals surface area contributed by atoms with Gasteiger partial charge >= 0.3 is 0 Å². The molecule has 6 nitrogen and oxygen atoms in total. The normalized spacial score (nSPS) is 19.3. The predicted molar refractivity (Wildman–Crippen MR) is 114 cm³/mol. The molecule has 0 aliphatic heterocycles. The summed E-state index contributed by atoms with van der Waals surface area (Å²) in [5.74, 6) is -0.869. The molecule has 2 unspecified atom stereocenters. The van der Waals surface area contributed by atoms with Crippen molar-refractivity contribution in [3.63, 3.8) is 0 Å². The van der Waals surface area contributed by atoms with Crippen LogP contribution >= 0.6 is 0 Å². The molecule has 0 aromatic heterocycles. The summed E-state index contributed by atoms with van der Waals surface area (Å²) in [6.45, 7) is 4.23. The Labute approximate surface area is 176 Å². The van der Waals surface area contributed by atoms with E-state index in [2.05, 4.69) is 10.0 Å². The van der Waals surface area contributed by atoms with Gasteiger partial charge in [0.2, 0.25) is 10.0 Å². The molecule has 0 bridgehead atoms. The molecule has 0 saturated heterocycles. The summed E-state index contributed by atoms with van der Waals surface area (Å²) < 4.78 is 48.2. The number of carbonyl (C=O) groups is 1. The zero-order valence-corrected chi connectivity index (χ0v) is 18.0. The topological polar surface area (TPSA) is 84.5 Å². The first kappa shape index (κ1) is 22.2. The Balaban J connectivity index is 1.83. The van der Waals surface area contributed by atoms with E-state index in [1.165, 1.54) is 6.07 Å². The van der Waals surface area contributed by atoms with Crippen molar-refractivity contribution in [2.24, 2.45) is 5.92 Å². The second kappa shape index (κ2) is 9.57. The van der Waals surface area contributed by atoms with Gasteiger partial charge in [-0.25, -0.2) is 17.5 Å². The lowest BCUT2D eigenvalue weighted by molar-refractivity contribution is 0.102. The monoisotopic (exact) mass is 434 g/mol. The summed E-state index contributed by atoms with van der Waals surface area (Å²) in [6, 6.07) is 9.88. The summed E-state index contributed by atoms with van der Waals surface area (Å²) in [4.78, 5) is 12.6. The van der Waals surface area contributed by atoms with Gasteiger partial charge in [0.15, 0.2) is 0 Å². The van der Waals surface area contributed by atoms with Crippen molar-refractivity contribution >= 4 is 21.6 Å². The average molecular weight is 435 g/mol. The number of rotatable bonds is 7. The third kappa shape index (κ3) is 5.17. The minimum atomic E-state index is -3.88.